The van der Waals surface area contributed by atoms with Gasteiger partial charge >= 0.3 is 5.97 Å². The molecule has 0 saturated carbocycles. The van der Waals surface area contributed by atoms with Gasteiger partial charge in [-0.1, -0.05) is 42.5 Å². The minimum absolute atomic E-state index is 0.0156. The first-order valence-electron chi connectivity index (χ1n) is 8.87. The zero-order valence-electron chi connectivity index (χ0n) is 15.5. The van der Waals surface area contributed by atoms with E-state index in [0.717, 1.165) is 5.56 Å². The molecule has 1 aliphatic heterocycles. The average molecular weight is 390 g/mol. The molecule has 1 atom stereocenters. The molecule has 8 heteroatoms. The van der Waals surface area contributed by atoms with Gasteiger partial charge in [0.2, 0.25) is 0 Å². The topological polar surface area (TPSA) is 105 Å². The molecule has 0 spiro atoms. The quantitative estimate of drug-likeness (QED) is 0.618. The van der Waals surface area contributed by atoms with Gasteiger partial charge in [0.1, 0.15) is 22.8 Å². The van der Waals surface area contributed by atoms with Crippen molar-refractivity contribution in [2.75, 3.05) is 17.7 Å². The fourth-order valence-electron chi connectivity index (χ4n) is 3.21. The molecule has 1 unspecified atom stereocenters. The zero-order chi connectivity index (χ0) is 20.4. The van der Waals surface area contributed by atoms with Crippen molar-refractivity contribution in [2.45, 2.75) is 6.04 Å². The highest BCUT2D eigenvalue weighted by atomic mass is 16.5. The first kappa shape index (κ1) is 18.3. The van der Waals surface area contributed by atoms with Crippen molar-refractivity contribution in [3.05, 3.63) is 83.7 Å². The van der Waals surface area contributed by atoms with Gasteiger partial charge in [0.15, 0.2) is 0 Å². The summed E-state index contributed by atoms with van der Waals surface area (Å²) in [6.07, 6.45) is 2.99. The summed E-state index contributed by atoms with van der Waals surface area (Å²) in [5.41, 5.74) is 1.57. The van der Waals surface area contributed by atoms with Crippen molar-refractivity contribution in [1.82, 2.24) is 9.78 Å². The van der Waals surface area contributed by atoms with Crippen LogP contribution in [0.4, 0.5) is 11.5 Å². The molecule has 4 rings (SSSR count). The van der Waals surface area contributed by atoms with Crippen LogP contribution >= 0.6 is 0 Å². The molecule has 3 aromatic rings. The number of nitrogens with one attached hydrogen (secondary N) is 2. The third kappa shape index (κ3) is 3.43. The molecule has 2 aromatic carbocycles. The smallest absolute Gasteiger partial charge is 0.352 e. The second kappa shape index (κ2) is 7.51. The van der Waals surface area contributed by atoms with Gasteiger partial charge in [0.25, 0.3) is 5.91 Å². The molecule has 1 aromatic heterocycles. The number of carboxylic acid groups (broad SMARTS) is 1. The Morgan fingerprint density at radius 2 is 1.86 bits per heavy atom. The van der Waals surface area contributed by atoms with E-state index in [0.29, 0.717) is 17.3 Å². The highest BCUT2D eigenvalue weighted by Gasteiger charge is 2.29. The molecule has 1 amide bonds. The third-order valence-corrected chi connectivity index (χ3v) is 4.61. The summed E-state index contributed by atoms with van der Waals surface area (Å²) in [6, 6.07) is 15.9. The first-order valence-corrected chi connectivity index (χ1v) is 8.87. The number of rotatable bonds is 5. The Morgan fingerprint density at radius 3 is 2.59 bits per heavy atom. The fourth-order valence-corrected chi connectivity index (χ4v) is 3.21. The lowest BCUT2D eigenvalue weighted by Gasteiger charge is -2.24. The lowest BCUT2D eigenvalue weighted by Crippen LogP contribution is -2.25. The lowest BCUT2D eigenvalue weighted by molar-refractivity contribution is -0.132. The number of ether oxygens (including phenoxy) is 1. The van der Waals surface area contributed by atoms with Crippen LogP contribution in [0.5, 0.6) is 5.75 Å². The van der Waals surface area contributed by atoms with Crippen molar-refractivity contribution >= 4 is 23.4 Å². The maximum absolute atomic E-state index is 12.9. The molecule has 8 nitrogen and oxygen atoms in total. The van der Waals surface area contributed by atoms with Gasteiger partial charge in [0.05, 0.1) is 25.0 Å². The molecule has 3 N–H and O–H groups in total. The van der Waals surface area contributed by atoms with Gasteiger partial charge in [-0.2, -0.15) is 5.10 Å². The predicted molar refractivity (Wildman–Crippen MR) is 107 cm³/mol. The zero-order valence-corrected chi connectivity index (χ0v) is 15.5. The Labute approximate surface area is 166 Å². The maximum atomic E-state index is 12.9. The van der Waals surface area contributed by atoms with Crippen LogP contribution in [-0.2, 0) is 4.79 Å². The summed E-state index contributed by atoms with van der Waals surface area (Å²) >= 11 is 0. The number of carboxylic acids is 1. The number of methoxy groups -OCH3 is 1. The van der Waals surface area contributed by atoms with E-state index < -0.39 is 17.9 Å². The predicted octanol–water partition coefficient (Wildman–Crippen LogP) is 3.13. The van der Waals surface area contributed by atoms with Crippen LogP contribution in [0, 0.1) is 0 Å². The van der Waals surface area contributed by atoms with Crippen molar-refractivity contribution in [2.24, 2.45) is 0 Å². The number of aromatic nitrogens is 2. The van der Waals surface area contributed by atoms with Gasteiger partial charge in [-0.3, -0.25) is 4.79 Å². The molecule has 29 heavy (non-hydrogen) atoms. The minimum atomic E-state index is -1.12. The maximum Gasteiger partial charge on any atom is 0.352 e. The highest BCUT2D eigenvalue weighted by Crippen LogP contribution is 2.33. The minimum Gasteiger partial charge on any atom is -0.495 e. The number of allylic oxidation sites excluding steroid dienone is 1. The van der Waals surface area contributed by atoms with E-state index >= 15 is 0 Å². The van der Waals surface area contributed by atoms with Crippen LogP contribution in [0.2, 0.25) is 0 Å². The number of carbonyl (C=O) groups excluding carboxylic acids is 1. The van der Waals surface area contributed by atoms with Crippen molar-refractivity contribution in [3.63, 3.8) is 0 Å². The van der Waals surface area contributed by atoms with E-state index in [1.165, 1.54) is 13.3 Å². The Morgan fingerprint density at radius 1 is 1.14 bits per heavy atom. The Balaban J connectivity index is 1.72. The number of hydrogen-bond acceptors (Lipinski definition) is 5. The monoisotopic (exact) mass is 390 g/mol. The molecule has 1 aliphatic rings. The fraction of sp³-hybridized carbons (Fsp3) is 0.0952. The number of fused-ring (bicyclic) bond motifs is 1. The number of nitrogens with zero attached hydrogens (tertiary/aromatic N) is 2. The standard InChI is InChI=1S/C21H18N4O4/c1-29-18-10-6-5-9-15(18)24-20(26)14-12-22-25-17(13-7-3-2-4-8-13)11-16(21(27)28)23-19(14)25/h2-12,17,23H,1H3,(H,24,26)(H,27,28). The molecule has 0 fully saturated rings. The van der Waals surface area contributed by atoms with Crippen LogP contribution in [0.1, 0.15) is 22.0 Å². The molecule has 0 radical (unpaired) electrons. The normalized spacial score (nSPS) is 14.9. The summed E-state index contributed by atoms with van der Waals surface area (Å²) in [6.45, 7) is 0. The summed E-state index contributed by atoms with van der Waals surface area (Å²) in [4.78, 5) is 24.5. The Kier molecular flexibility index (Phi) is 4.74. The van der Waals surface area contributed by atoms with Gasteiger partial charge in [-0.15, -0.1) is 0 Å². The molecule has 0 bridgehead atoms. The molecular weight excluding hydrogens is 372 g/mol. The van der Waals surface area contributed by atoms with Crippen LogP contribution < -0.4 is 15.4 Å². The number of benzene rings is 2. The van der Waals surface area contributed by atoms with Crippen molar-refractivity contribution in [1.29, 1.82) is 0 Å². The number of amides is 1. The van der Waals surface area contributed by atoms with Crippen LogP contribution in [-0.4, -0.2) is 33.9 Å². The number of carbonyl (C=O) groups is 2. The number of hydrogen-bond donors (Lipinski definition) is 3. The average Bonchev–Trinajstić information content (AvgIpc) is 3.18. The van der Waals surface area contributed by atoms with Crippen molar-refractivity contribution < 1.29 is 19.4 Å². The first-order chi connectivity index (χ1) is 14.1. The Bertz CT molecular complexity index is 1100. The van der Waals surface area contributed by atoms with Crippen LogP contribution in [0.25, 0.3) is 0 Å². The molecular formula is C21H18N4O4. The van der Waals surface area contributed by atoms with E-state index in [-0.39, 0.29) is 11.3 Å². The highest BCUT2D eigenvalue weighted by molar-refractivity contribution is 6.09. The second-order valence-electron chi connectivity index (χ2n) is 6.37. The number of anilines is 2. The van der Waals surface area contributed by atoms with E-state index in [9.17, 15) is 14.7 Å². The van der Waals surface area contributed by atoms with Gasteiger partial charge < -0.3 is 20.5 Å². The summed E-state index contributed by atoms with van der Waals surface area (Å²) < 4.78 is 6.86. The number of aliphatic carboxylic acids is 1. The van der Waals surface area contributed by atoms with E-state index in [4.69, 9.17) is 4.74 Å². The van der Waals surface area contributed by atoms with Crippen LogP contribution in [0.3, 0.4) is 0 Å². The van der Waals surface area contributed by atoms with E-state index in [2.05, 4.69) is 15.7 Å². The Hall–Kier alpha value is -4.07. The van der Waals surface area contributed by atoms with Gasteiger partial charge in [-0.25, -0.2) is 9.48 Å². The van der Waals surface area contributed by atoms with Crippen LogP contribution in [0.15, 0.2) is 72.6 Å². The van der Waals surface area contributed by atoms with Gasteiger partial charge in [-0.05, 0) is 23.8 Å². The largest absolute Gasteiger partial charge is 0.495 e. The SMILES string of the molecule is COc1ccccc1NC(=O)c1cnn2c1NC(C(=O)O)=CC2c1ccccc1. The molecule has 2 heterocycles. The molecule has 0 aliphatic carbocycles. The molecule has 146 valence electrons. The van der Waals surface area contributed by atoms with E-state index in [1.807, 2.05) is 30.3 Å². The number of para-hydroxylation sites is 2. The summed E-state index contributed by atoms with van der Waals surface area (Å²) in [5, 5.41) is 19.5. The van der Waals surface area contributed by atoms with Gasteiger partial charge in [0, 0.05) is 0 Å². The second-order valence-corrected chi connectivity index (χ2v) is 6.37. The third-order valence-electron chi connectivity index (χ3n) is 4.61. The lowest BCUT2D eigenvalue weighted by atomic mass is 10.0. The summed E-state index contributed by atoms with van der Waals surface area (Å²) in [7, 11) is 1.52. The molecule has 0 saturated heterocycles. The summed E-state index contributed by atoms with van der Waals surface area (Å²) in [5.74, 6) is -0.717. The van der Waals surface area contributed by atoms with E-state index in [1.54, 1.807) is 35.0 Å². The van der Waals surface area contributed by atoms with Crippen molar-refractivity contribution in [3.8, 4) is 5.75 Å².